The SMILES string of the molecule is CC(C)(C)OC(=O)N1CC([B-](F)(F)F)C2(CC2)C1.[K+]. The van der Waals surface area contributed by atoms with Gasteiger partial charge in [-0.3, -0.25) is 0 Å². The number of amides is 1. The molecule has 1 amide bonds. The van der Waals surface area contributed by atoms with Crippen molar-refractivity contribution >= 4 is 13.1 Å². The van der Waals surface area contributed by atoms with Crippen LogP contribution in [0.3, 0.4) is 0 Å². The second-order valence-electron chi connectivity index (χ2n) is 6.46. The first-order valence-electron chi connectivity index (χ1n) is 6.21. The molecule has 19 heavy (non-hydrogen) atoms. The van der Waals surface area contributed by atoms with Crippen LogP contribution in [0.1, 0.15) is 33.6 Å². The Kier molecular flexibility index (Phi) is 5.17. The number of halogens is 3. The van der Waals surface area contributed by atoms with Gasteiger partial charge in [0.2, 0.25) is 0 Å². The zero-order chi connectivity index (χ0) is 13.8. The van der Waals surface area contributed by atoms with Crippen LogP contribution in [0.4, 0.5) is 17.7 Å². The summed E-state index contributed by atoms with van der Waals surface area (Å²) in [5.74, 6) is -1.33. The summed E-state index contributed by atoms with van der Waals surface area (Å²) in [4.78, 5) is 13.0. The molecule has 1 aliphatic carbocycles. The molecule has 1 unspecified atom stereocenters. The van der Waals surface area contributed by atoms with Crippen LogP contribution < -0.4 is 51.4 Å². The van der Waals surface area contributed by atoms with Crippen LogP contribution in [0.25, 0.3) is 0 Å². The van der Waals surface area contributed by atoms with Crippen LogP contribution in [0.2, 0.25) is 5.82 Å². The maximum Gasteiger partial charge on any atom is 1.00 e. The molecule has 2 aliphatic rings. The summed E-state index contributed by atoms with van der Waals surface area (Å²) in [6, 6.07) is 0. The van der Waals surface area contributed by atoms with Crippen molar-refractivity contribution < 1.29 is 73.9 Å². The summed E-state index contributed by atoms with van der Waals surface area (Å²) in [6.07, 6.45) is 0.507. The third kappa shape index (κ3) is 4.12. The molecule has 2 fully saturated rings. The minimum absolute atomic E-state index is 0. The molecule has 0 aromatic heterocycles. The van der Waals surface area contributed by atoms with Crippen molar-refractivity contribution in [3.63, 3.8) is 0 Å². The smallest absolute Gasteiger partial charge is 0.449 e. The minimum Gasteiger partial charge on any atom is -0.449 e. The van der Waals surface area contributed by atoms with Crippen molar-refractivity contribution in [3.8, 4) is 0 Å². The van der Waals surface area contributed by atoms with Gasteiger partial charge in [-0.05, 0) is 44.8 Å². The molecule has 1 saturated carbocycles. The normalized spacial score (nSPS) is 25.2. The van der Waals surface area contributed by atoms with E-state index in [1.807, 2.05) is 0 Å². The molecule has 1 heterocycles. The van der Waals surface area contributed by atoms with E-state index in [0.717, 1.165) is 0 Å². The number of nitrogens with zero attached hydrogens (tertiary/aromatic N) is 1. The molecular weight excluding hydrogens is 285 g/mol. The van der Waals surface area contributed by atoms with E-state index in [1.54, 1.807) is 20.8 Å². The largest absolute Gasteiger partial charge is 1.00 e. The molecule has 3 nitrogen and oxygen atoms in total. The van der Waals surface area contributed by atoms with E-state index in [0.29, 0.717) is 12.8 Å². The quantitative estimate of drug-likeness (QED) is 0.650. The van der Waals surface area contributed by atoms with Gasteiger partial charge in [-0.2, -0.15) is 0 Å². The number of hydrogen-bond acceptors (Lipinski definition) is 2. The molecule has 0 aromatic carbocycles. The Hall–Kier alpha value is 0.761. The van der Waals surface area contributed by atoms with Gasteiger partial charge in [0.05, 0.1) is 0 Å². The van der Waals surface area contributed by atoms with E-state index in [1.165, 1.54) is 4.90 Å². The summed E-state index contributed by atoms with van der Waals surface area (Å²) < 4.78 is 44.0. The number of rotatable bonds is 1. The van der Waals surface area contributed by atoms with Gasteiger partial charge >= 0.3 is 64.5 Å². The summed E-state index contributed by atoms with van der Waals surface area (Å²) in [5.41, 5.74) is -1.37. The van der Waals surface area contributed by atoms with Crippen LogP contribution in [0, 0.1) is 5.41 Å². The molecule has 1 spiro atoms. The predicted molar refractivity (Wildman–Crippen MR) is 62.3 cm³/mol. The number of likely N-dealkylation sites (tertiary alicyclic amines) is 1. The number of carbonyl (C=O) groups is 1. The molecule has 0 bridgehead atoms. The van der Waals surface area contributed by atoms with Gasteiger partial charge in [0.25, 0.3) is 0 Å². The van der Waals surface area contributed by atoms with Crippen LogP contribution in [-0.2, 0) is 4.74 Å². The predicted octanol–water partition coefficient (Wildman–Crippen LogP) is 0.239. The zero-order valence-electron chi connectivity index (χ0n) is 11.9. The Morgan fingerprint density at radius 1 is 1.32 bits per heavy atom. The van der Waals surface area contributed by atoms with Gasteiger partial charge in [-0.15, -0.1) is 0 Å². The fourth-order valence-corrected chi connectivity index (χ4v) is 2.67. The molecule has 1 saturated heterocycles. The van der Waals surface area contributed by atoms with Gasteiger partial charge in [0, 0.05) is 13.1 Å². The van der Waals surface area contributed by atoms with Crippen LogP contribution in [0.5, 0.6) is 0 Å². The molecule has 8 heteroatoms. The van der Waals surface area contributed by atoms with Crippen LogP contribution in [0.15, 0.2) is 0 Å². The van der Waals surface area contributed by atoms with E-state index in [9.17, 15) is 17.7 Å². The van der Waals surface area contributed by atoms with Gasteiger partial charge in [-0.1, -0.05) is 0 Å². The molecule has 0 aromatic rings. The summed E-state index contributed by atoms with van der Waals surface area (Å²) >= 11 is 0. The maximum absolute atomic E-state index is 13.0. The molecule has 0 radical (unpaired) electrons. The Bertz CT molecular complexity index is 366. The number of ether oxygens (including phenoxy) is 1. The van der Waals surface area contributed by atoms with E-state index < -0.39 is 29.9 Å². The first-order chi connectivity index (χ1) is 8.04. The van der Waals surface area contributed by atoms with Crippen molar-refractivity contribution in [3.05, 3.63) is 0 Å². The Labute approximate surface area is 154 Å². The molecular formula is C11H18BF3KNO2. The molecule has 0 N–H and O–H groups in total. The number of carbonyl (C=O) groups excluding carboxylic acids is 1. The molecule has 104 valence electrons. The maximum atomic E-state index is 13.0. The summed E-state index contributed by atoms with van der Waals surface area (Å²) in [6.45, 7) is 0.185. The van der Waals surface area contributed by atoms with E-state index >= 15 is 0 Å². The first kappa shape index (κ1) is 17.8. The third-order valence-corrected chi connectivity index (χ3v) is 3.71. The van der Waals surface area contributed by atoms with E-state index in [4.69, 9.17) is 4.74 Å². The second kappa shape index (κ2) is 5.51. The second-order valence-corrected chi connectivity index (χ2v) is 6.46. The van der Waals surface area contributed by atoms with E-state index in [-0.39, 0.29) is 64.5 Å². The minimum atomic E-state index is -4.89. The third-order valence-electron chi connectivity index (χ3n) is 3.71. The van der Waals surface area contributed by atoms with Gasteiger partial charge in [0.1, 0.15) is 5.60 Å². The fourth-order valence-electron chi connectivity index (χ4n) is 2.67. The average Bonchev–Trinajstić information content (AvgIpc) is 2.72. The first-order valence-corrected chi connectivity index (χ1v) is 6.21. The molecule has 2 rings (SSSR count). The Morgan fingerprint density at radius 3 is 2.16 bits per heavy atom. The zero-order valence-corrected chi connectivity index (χ0v) is 15.0. The van der Waals surface area contributed by atoms with Gasteiger partial charge in [0.15, 0.2) is 0 Å². The fraction of sp³-hybridized carbons (Fsp3) is 0.909. The van der Waals surface area contributed by atoms with Crippen molar-refractivity contribution in [1.82, 2.24) is 4.90 Å². The average molecular weight is 303 g/mol. The van der Waals surface area contributed by atoms with E-state index in [2.05, 4.69) is 0 Å². The van der Waals surface area contributed by atoms with Crippen molar-refractivity contribution in [2.45, 2.75) is 45.0 Å². The molecule has 1 atom stereocenters. The monoisotopic (exact) mass is 303 g/mol. The summed E-state index contributed by atoms with van der Waals surface area (Å²) in [5, 5.41) is 0. The van der Waals surface area contributed by atoms with Crippen LogP contribution >= 0.6 is 0 Å². The van der Waals surface area contributed by atoms with Crippen molar-refractivity contribution in [2.24, 2.45) is 5.41 Å². The molecule has 1 aliphatic heterocycles. The topological polar surface area (TPSA) is 29.5 Å². The van der Waals surface area contributed by atoms with Gasteiger partial charge in [-0.25, -0.2) is 4.79 Å². The number of hydrogen-bond donors (Lipinski definition) is 0. The standard InChI is InChI=1S/C11H18BF3NO2.K/c1-10(2,3)18-9(17)16-6-8(12(13,14)15)11(7-16)4-5-11;/h8H,4-7H2,1-3H3;/q-1;+1. The Morgan fingerprint density at radius 2 is 1.84 bits per heavy atom. The Balaban J connectivity index is 0.00000180. The van der Waals surface area contributed by atoms with Gasteiger partial charge < -0.3 is 22.6 Å². The van der Waals surface area contributed by atoms with Crippen molar-refractivity contribution in [2.75, 3.05) is 13.1 Å². The van der Waals surface area contributed by atoms with Crippen LogP contribution in [-0.4, -0.2) is 36.7 Å². The van der Waals surface area contributed by atoms with Crippen molar-refractivity contribution in [1.29, 1.82) is 0 Å². The summed E-state index contributed by atoms with van der Waals surface area (Å²) in [7, 11) is 0.